The lowest BCUT2D eigenvalue weighted by Gasteiger charge is -2.43. The second-order valence-corrected chi connectivity index (χ2v) is 6.98. The van der Waals surface area contributed by atoms with E-state index >= 15 is 0 Å². The third kappa shape index (κ3) is 3.20. The molecule has 2 rings (SSSR count). The van der Waals surface area contributed by atoms with Gasteiger partial charge in [-0.2, -0.15) is 0 Å². The second-order valence-electron chi connectivity index (χ2n) is 6.98. The normalized spacial score (nSPS) is 27.8. The fraction of sp³-hybridized carbons (Fsp3) is 0.929. The highest BCUT2D eigenvalue weighted by molar-refractivity contribution is 5.70. The van der Waals surface area contributed by atoms with E-state index in [-0.39, 0.29) is 11.6 Å². The molecule has 0 aliphatic carbocycles. The monoisotopic (exact) mass is 270 g/mol. The lowest BCUT2D eigenvalue weighted by Crippen LogP contribution is -2.54. The van der Waals surface area contributed by atoms with Crippen molar-refractivity contribution in [2.24, 2.45) is 0 Å². The summed E-state index contributed by atoms with van der Waals surface area (Å²) in [4.78, 5) is 16.4. The average Bonchev–Trinajstić information content (AvgIpc) is 2.58. The molecule has 110 valence electrons. The molecule has 2 aliphatic rings. The summed E-state index contributed by atoms with van der Waals surface area (Å²) in [7, 11) is 2.09. The van der Waals surface area contributed by atoms with Crippen LogP contribution in [0.4, 0.5) is 4.79 Å². The predicted octanol–water partition coefficient (Wildman–Crippen LogP) is 1.45. The molecule has 0 bridgehead atoms. The first-order valence-corrected chi connectivity index (χ1v) is 7.09. The molecule has 5 nitrogen and oxygen atoms in total. The minimum absolute atomic E-state index is 0.200. The van der Waals surface area contributed by atoms with E-state index in [1.807, 2.05) is 20.8 Å². The van der Waals surface area contributed by atoms with E-state index in [0.29, 0.717) is 13.0 Å². The number of likely N-dealkylation sites (tertiary alicyclic amines) is 2. The minimum atomic E-state index is -0.489. The molecule has 0 aromatic rings. The van der Waals surface area contributed by atoms with Gasteiger partial charge in [0, 0.05) is 13.1 Å². The minimum Gasteiger partial charge on any atom is -0.444 e. The van der Waals surface area contributed by atoms with Gasteiger partial charge in [0.2, 0.25) is 0 Å². The van der Waals surface area contributed by atoms with Crippen molar-refractivity contribution in [1.82, 2.24) is 9.80 Å². The molecule has 2 aliphatic heterocycles. The first-order chi connectivity index (χ1) is 8.72. The zero-order valence-corrected chi connectivity index (χ0v) is 12.5. The third-order valence-corrected chi connectivity index (χ3v) is 4.11. The van der Waals surface area contributed by atoms with Gasteiger partial charge in [0.05, 0.1) is 18.2 Å². The Hall–Kier alpha value is -0.810. The van der Waals surface area contributed by atoms with Gasteiger partial charge in [0.15, 0.2) is 0 Å². The summed E-state index contributed by atoms with van der Waals surface area (Å²) >= 11 is 0. The number of hydrogen-bond donors (Lipinski definition) is 1. The van der Waals surface area contributed by atoms with Gasteiger partial charge >= 0.3 is 6.09 Å². The topological polar surface area (TPSA) is 53.0 Å². The number of hydrogen-bond acceptors (Lipinski definition) is 4. The summed E-state index contributed by atoms with van der Waals surface area (Å²) in [6, 6.07) is 0. The standard InChI is InChI=1S/C14H26N2O3/c1-13(2,3)19-12(18)16-10-11(17)9-14(16)5-7-15(4)8-6-14/h11,17H,5-10H2,1-4H3. The Morgan fingerprint density at radius 1 is 1.32 bits per heavy atom. The summed E-state index contributed by atoms with van der Waals surface area (Å²) < 4.78 is 5.49. The fourth-order valence-corrected chi connectivity index (χ4v) is 3.11. The van der Waals surface area contributed by atoms with E-state index in [2.05, 4.69) is 11.9 Å². The van der Waals surface area contributed by atoms with Crippen LogP contribution in [-0.2, 0) is 4.74 Å². The van der Waals surface area contributed by atoms with Crippen LogP contribution in [0.5, 0.6) is 0 Å². The van der Waals surface area contributed by atoms with Crippen LogP contribution in [0.2, 0.25) is 0 Å². The highest BCUT2D eigenvalue weighted by Crippen LogP contribution is 2.39. The van der Waals surface area contributed by atoms with Crippen molar-refractivity contribution < 1.29 is 14.6 Å². The van der Waals surface area contributed by atoms with Crippen LogP contribution in [0, 0.1) is 0 Å². The number of aliphatic hydroxyl groups excluding tert-OH is 1. The number of nitrogens with zero attached hydrogens (tertiary/aromatic N) is 2. The fourth-order valence-electron chi connectivity index (χ4n) is 3.11. The van der Waals surface area contributed by atoms with E-state index in [1.54, 1.807) is 4.90 Å². The molecular formula is C14H26N2O3. The lowest BCUT2D eigenvalue weighted by molar-refractivity contribution is -0.00503. The summed E-state index contributed by atoms with van der Waals surface area (Å²) in [6.45, 7) is 7.95. The second kappa shape index (κ2) is 4.94. The van der Waals surface area contributed by atoms with E-state index in [4.69, 9.17) is 4.74 Å². The molecule has 0 saturated carbocycles. The number of aliphatic hydroxyl groups is 1. The van der Waals surface area contributed by atoms with E-state index < -0.39 is 11.7 Å². The Balaban J connectivity index is 2.11. The third-order valence-electron chi connectivity index (χ3n) is 4.11. The highest BCUT2D eigenvalue weighted by atomic mass is 16.6. The summed E-state index contributed by atoms with van der Waals surface area (Å²) in [5, 5.41) is 9.97. The van der Waals surface area contributed by atoms with Crippen LogP contribution in [0.1, 0.15) is 40.0 Å². The Morgan fingerprint density at radius 2 is 1.89 bits per heavy atom. The molecule has 19 heavy (non-hydrogen) atoms. The maximum absolute atomic E-state index is 12.3. The molecule has 1 N–H and O–H groups in total. The van der Waals surface area contributed by atoms with Gasteiger partial charge in [-0.3, -0.25) is 4.90 Å². The smallest absolute Gasteiger partial charge is 0.410 e. The number of β-amino-alcohol motifs (C(OH)–C–C–N with tert-alkyl or cyclic N) is 1. The van der Waals surface area contributed by atoms with Crippen LogP contribution in [0.3, 0.4) is 0 Å². The van der Waals surface area contributed by atoms with Crippen LogP contribution < -0.4 is 0 Å². The first kappa shape index (κ1) is 14.6. The SMILES string of the molecule is CN1CCC2(CC1)CC(O)CN2C(=O)OC(C)(C)C. The molecule has 2 saturated heterocycles. The average molecular weight is 270 g/mol. The number of piperidine rings is 1. The predicted molar refractivity (Wildman–Crippen MR) is 73.0 cm³/mol. The van der Waals surface area contributed by atoms with Crippen LogP contribution >= 0.6 is 0 Å². The molecule has 1 amide bonds. The van der Waals surface area contributed by atoms with Crippen molar-refractivity contribution in [2.75, 3.05) is 26.7 Å². The van der Waals surface area contributed by atoms with Crippen molar-refractivity contribution in [3.63, 3.8) is 0 Å². The molecule has 1 unspecified atom stereocenters. The van der Waals surface area contributed by atoms with Crippen molar-refractivity contribution in [2.45, 2.75) is 57.3 Å². The van der Waals surface area contributed by atoms with E-state index in [0.717, 1.165) is 25.9 Å². The maximum Gasteiger partial charge on any atom is 0.410 e. The zero-order valence-electron chi connectivity index (χ0n) is 12.5. The van der Waals surface area contributed by atoms with Crippen molar-refractivity contribution >= 4 is 6.09 Å². The number of carbonyl (C=O) groups is 1. The Bertz CT molecular complexity index is 343. The number of amides is 1. The van der Waals surface area contributed by atoms with Gasteiger partial charge in [0.25, 0.3) is 0 Å². The lowest BCUT2D eigenvalue weighted by atomic mass is 9.85. The summed E-state index contributed by atoms with van der Waals surface area (Å²) in [6.07, 6.45) is 1.81. The highest BCUT2D eigenvalue weighted by Gasteiger charge is 2.49. The largest absolute Gasteiger partial charge is 0.444 e. The number of carbonyl (C=O) groups excluding carboxylic acids is 1. The summed E-state index contributed by atoms with van der Waals surface area (Å²) in [5.41, 5.74) is -0.689. The molecular weight excluding hydrogens is 244 g/mol. The molecule has 0 aromatic heterocycles. The van der Waals surface area contributed by atoms with Gasteiger partial charge in [-0.05, 0) is 47.1 Å². The molecule has 2 heterocycles. The van der Waals surface area contributed by atoms with Gasteiger partial charge < -0.3 is 14.7 Å². The Kier molecular flexibility index (Phi) is 3.80. The van der Waals surface area contributed by atoms with Gasteiger partial charge in [0.1, 0.15) is 5.60 Å². The quantitative estimate of drug-likeness (QED) is 0.724. The molecule has 5 heteroatoms. The van der Waals surface area contributed by atoms with Gasteiger partial charge in [-0.1, -0.05) is 0 Å². The molecule has 1 atom stereocenters. The van der Waals surface area contributed by atoms with Crippen molar-refractivity contribution in [3.8, 4) is 0 Å². The number of rotatable bonds is 0. The number of ether oxygens (including phenoxy) is 1. The molecule has 0 radical (unpaired) electrons. The van der Waals surface area contributed by atoms with Crippen LogP contribution in [0.25, 0.3) is 0 Å². The van der Waals surface area contributed by atoms with Gasteiger partial charge in [-0.15, -0.1) is 0 Å². The Labute approximate surface area is 115 Å². The van der Waals surface area contributed by atoms with Crippen molar-refractivity contribution in [1.29, 1.82) is 0 Å². The van der Waals surface area contributed by atoms with E-state index in [1.165, 1.54) is 0 Å². The molecule has 1 spiro atoms. The molecule has 2 fully saturated rings. The maximum atomic E-state index is 12.3. The van der Waals surface area contributed by atoms with Crippen molar-refractivity contribution in [3.05, 3.63) is 0 Å². The summed E-state index contributed by atoms with van der Waals surface area (Å²) in [5.74, 6) is 0. The van der Waals surface area contributed by atoms with Crippen LogP contribution in [0.15, 0.2) is 0 Å². The Morgan fingerprint density at radius 3 is 2.42 bits per heavy atom. The van der Waals surface area contributed by atoms with E-state index in [9.17, 15) is 9.90 Å². The zero-order chi connectivity index (χ0) is 14.3. The molecule has 0 aromatic carbocycles. The van der Waals surface area contributed by atoms with Gasteiger partial charge in [-0.25, -0.2) is 4.79 Å². The first-order valence-electron chi connectivity index (χ1n) is 7.09. The van der Waals surface area contributed by atoms with Crippen LogP contribution in [-0.4, -0.2) is 64.9 Å².